The number of urea groups is 1. The first-order chi connectivity index (χ1) is 10.6. The Kier molecular flexibility index (Phi) is 3.54. The van der Waals surface area contributed by atoms with E-state index in [0.717, 1.165) is 50.6 Å². The lowest BCUT2D eigenvalue weighted by atomic mass is 9.68. The summed E-state index contributed by atoms with van der Waals surface area (Å²) in [5, 5.41) is 6.43. The van der Waals surface area contributed by atoms with Gasteiger partial charge in [0.2, 0.25) is 5.91 Å². The molecule has 0 aromatic rings. The van der Waals surface area contributed by atoms with Crippen LogP contribution in [0.4, 0.5) is 4.79 Å². The number of hydrogen-bond acceptors (Lipinski definition) is 2. The molecule has 2 N–H and O–H groups in total. The molecular weight excluding hydrogens is 278 g/mol. The van der Waals surface area contributed by atoms with Gasteiger partial charge in [0.05, 0.1) is 11.6 Å². The highest BCUT2D eigenvalue weighted by Crippen LogP contribution is 2.39. The first kappa shape index (κ1) is 14.3. The Bertz CT molecular complexity index is 453. The van der Waals surface area contributed by atoms with E-state index in [0.29, 0.717) is 6.42 Å². The third kappa shape index (κ3) is 2.95. The highest BCUT2D eigenvalue weighted by Gasteiger charge is 2.48. The van der Waals surface area contributed by atoms with Gasteiger partial charge in [-0.2, -0.15) is 0 Å². The molecule has 3 aliphatic carbocycles. The normalized spacial score (nSPS) is 29.6. The van der Waals surface area contributed by atoms with Crippen molar-refractivity contribution in [2.45, 2.75) is 69.4 Å². The third-order valence-electron chi connectivity index (χ3n) is 5.90. The third-order valence-corrected chi connectivity index (χ3v) is 5.90. The summed E-state index contributed by atoms with van der Waals surface area (Å²) in [4.78, 5) is 26.5. The van der Waals surface area contributed by atoms with E-state index < -0.39 is 0 Å². The largest absolute Gasteiger partial charge is 0.349 e. The predicted octanol–water partition coefficient (Wildman–Crippen LogP) is 2.02. The summed E-state index contributed by atoms with van der Waals surface area (Å²) in [6, 6.07) is 0.221. The van der Waals surface area contributed by atoms with Gasteiger partial charge in [0.15, 0.2) is 0 Å². The molecule has 0 aromatic carbocycles. The fourth-order valence-electron chi connectivity index (χ4n) is 3.93. The van der Waals surface area contributed by atoms with Crippen LogP contribution in [0, 0.1) is 11.8 Å². The summed E-state index contributed by atoms with van der Waals surface area (Å²) in [6.07, 6.45) is 9.60. The molecule has 3 saturated carbocycles. The maximum Gasteiger partial charge on any atom is 0.317 e. The van der Waals surface area contributed by atoms with Gasteiger partial charge in [-0.15, -0.1) is 0 Å². The van der Waals surface area contributed by atoms with E-state index in [4.69, 9.17) is 0 Å². The maximum atomic E-state index is 12.7. The molecule has 5 heteroatoms. The second-order valence-electron chi connectivity index (χ2n) is 7.89. The molecule has 0 bridgehead atoms. The topological polar surface area (TPSA) is 61.4 Å². The number of nitrogens with zero attached hydrogens (tertiary/aromatic N) is 1. The van der Waals surface area contributed by atoms with Crippen LogP contribution in [0.3, 0.4) is 0 Å². The SMILES string of the molecule is O=C1CCC(NC(=O)N(CC2CC2)CC2CC2)C2(CCC2)N1. The molecule has 1 aliphatic heterocycles. The van der Waals surface area contributed by atoms with Crippen LogP contribution in [-0.4, -0.2) is 41.5 Å². The van der Waals surface area contributed by atoms with Crippen LogP contribution in [0.5, 0.6) is 0 Å². The molecule has 1 atom stereocenters. The average Bonchev–Trinajstić information content (AvgIpc) is 3.33. The van der Waals surface area contributed by atoms with Crippen molar-refractivity contribution in [3.63, 3.8) is 0 Å². The lowest BCUT2D eigenvalue weighted by Gasteiger charge is -2.51. The predicted molar refractivity (Wildman–Crippen MR) is 83.3 cm³/mol. The number of nitrogens with one attached hydrogen (secondary N) is 2. The van der Waals surface area contributed by atoms with Gasteiger partial charge in [0.25, 0.3) is 0 Å². The molecule has 122 valence electrons. The van der Waals surface area contributed by atoms with Crippen molar-refractivity contribution in [1.82, 2.24) is 15.5 Å². The number of amides is 3. The number of piperidine rings is 1. The average molecular weight is 305 g/mol. The van der Waals surface area contributed by atoms with Crippen molar-refractivity contribution in [3.8, 4) is 0 Å². The second-order valence-corrected chi connectivity index (χ2v) is 7.89. The lowest BCUT2D eigenvalue weighted by Crippen LogP contribution is -2.69. The fourth-order valence-corrected chi connectivity index (χ4v) is 3.93. The Morgan fingerprint density at radius 1 is 1.14 bits per heavy atom. The summed E-state index contributed by atoms with van der Waals surface area (Å²) in [6.45, 7) is 1.85. The second kappa shape index (κ2) is 5.43. The number of carbonyl (C=O) groups is 2. The van der Waals surface area contributed by atoms with Crippen LogP contribution < -0.4 is 10.6 Å². The lowest BCUT2D eigenvalue weighted by molar-refractivity contribution is -0.127. The standard InChI is InChI=1S/C17H27N3O2/c21-15-7-6-14(17(19-15)8-1-9-17)18-16(22)20(10-12-2-3-12)11-13-4-5-13/h12-14H,1-11H2,(H,18,22)(H,19,21). The van der Waals surface area contributed by atoms with Gasteiger partial charge in [-0.3, -0.25) is 4.79 Å². The van der Waals surface area contributed by atoms with Gasteiger partial charge in [-0.25, -0.2) is 4.79 Å². The fraction of sp³-hybridized carbons (Fsp3) is 0.882. The molecule has 4 aliphatic rings. The van der Waals surface area contributed by atoms with E-state index in [9.17, 15) is 9.59 Å². The zero-order chi connectivity index (χ0) is 15.2. The molecule has 3 amide bonds. The van der Waals surface area contributed by atoms with Gasteiger partial charge >= 0.3 is 6.03 Å². The van der Waals surface area contributed by atoms with Gasteiger partial charge < -0.3 is 15.5 Å². The van der Waals surface area contributed by atoms with Crippen LogP contribution in [0.1, 0.15) is 57.8 Å². The van der Waals surface area contributed by atoms with Gasteiger partial charge in [0.1, 0.15) is 0 Å². The summed E-state index contributed by atoms with van der Waals surface area (Å²) < 4.78 is 0. The summed E-state index contributed by atoms with van der Waals surface area (Å²) in [5.74, 6) is 1.61. The molecule has 1 saturated heterocycles. The maximum absolute atomic E-state index is 12.7. The molecule has 0 radical (unpaired) electrons. The van der Waals surface area contributed by atoms with Crippen molar-refractivity contribution >= 4 is 11.9 Å². The Hall–Kier alpha value is -1.26. The van der Waals surface area contributed by atoms with Crippen molar-refractivity contribution in [3.05, 3.63) is 0 Å². The van der Waals surface area contributed by atoms with E-state index in [2.05, 4.69) is 15.5 Å². The van der Waals surface area contributed by atoms with E-state index >= 15 is 0 Å². The summed E-state index contributed by atoms with van der Waals surface area (Å²) >= 11 is 0. The molecule has 4 rings (SSSR count). The Morgan fingerprint density at radius 3 is 2.27 bits per heavy atom. The van der Waals surface area contributed by atoms with Crippen LogP contribution in [-0.2, 0) is 4.79 Å². The van der Waals surface area contributed by atoms with E-state index in [-0.39, 0.29) is 23.5 Å². The number of hydrogen-bond donors (Lipinski definition) is 2. The van der Waals surface area contributed by atoms with Crippen LogP contribution in [0.15, 0.2) is 0 Å². The first-order valence-corrected chi connectivity index (χ1v) is 9.01. The molecule has 5 nitrogen and oxygen atoms in total. The van der Waals surface area contributed by atoms with E-state index in [1.807, 2.05) is 0 Å². The Balaban J connectivity index is 1.39. The van der Waals surface area contributed by atoms with E-state index in [1.165, 1.54) is 25.7 Å². The smallest absolute Gasteiger partial charge is 0.317 e. The first-order valence-electron chi connectivity index (χ1n) is 9.01. The van der Waals surface area contributed by atoms with Crippen LogP contribution in [0.2, 0.25) is 0 Å². The van der Waals surface area contributed by atoms with Gasteiger partial charge in [0, 0.05) is 19.5 Å². The Labute approximate surface area is 132 Å². The van der Waals surface area contributed by atoms with Crippen molar-refractivity contribution in [1.29, 1.82) is 0 Å². The zero-order valence-corrected chi connectivity index (χ0v) is 13.3. The van der Waals surface area contributed by atoms with Gasteiger partial charge in [-0.1, -0.05) is 0 Å². The Morgan fingerprint density at radius 2 is 1.77 bits per heavy atom. The van der Waals surface area contributed by atoms with Gasteiger partial charge in [-0.05, 0) is 63.2 Å². The minimum atomic E-state index is -0.143. The molecule has 4 fully saturated rings. The summed E-state index contributed by atoms with van der Waals surface area (Å²) in [5.41, 5.74) is -0.143. The number of rotatable bonds is 5. The van der Waals surface area contributed by atoms with Crippen molar-refractivity contribution in [2.75, 3.05) is 13.1 Å². The van der Waals surface area contributed by atoms with Crippen molar-refractivity contribution in [2.24, 2.45) is 11.8 Å². The minimum Gasteiger partial charge on any atom is -0.349 e. The minimum absolute atomic E-state index is 0.103. The van der Waals surface area contributed by atoms with E-state index in [1.54, 1.807) is 0 Å². The molecule has 1 heterocycles. The summed E-state index contributed by atoms with van der Waals surface area (Å²) in [7, 11) is 0. The highest BCUT2D eigenvalue weighted by atomic mass is 16.2. The molecule has 22 heavy (non-hydrogen) atoms. The van der Waals surface area contributed by atoms with Crippen LogP contribution >= 0.6 is 0 Å². The molecule has 0 aromatic heterocycles. The van der Waals surface area contributed by atoms with Crippen molar-refractivity contribution < 1.29 is 9.59 Å². The number of carbonyl (C=O) groups excluding carboxylic acids is 2. The quantitative estimate of drug-likeness (QED) is 0.816. The zero-order valence-electron chi connectivity index (χ0n) is 13.3. The van der Waals surface area contributed by atoms with Crippen LogP contribution in [0.25, 0.3) is 0 Å². The highest BCUT2D eigenvalue weighted by molar-refractivity contribution is 5.80. The molecule has 1 spiro atoms. The monoisotopic (exact) mass is 305 g/mol. The molecular formula is C17H27N3O2. The molecule has 1 unspecified atom stereocenters.